The summed E-state index contributed by atoms with van der Waals surface area (Å²) in [6.07, 6.45) is -8.26. The zero-order valence-electron chi connectivity index (χ0n) is 14.1. The van der Waals surface area contributed by atoms with E-state index in [2.05, 4.69) is 0 Å². The predicted octanol–water partition coefficient (Wildman–Crippen LogP) is 6.66. The van der Waals surface area contributed by atoms with Gasteiger partial charge in [-0.1, -0.05) is 0 Å². The van der Waals surface area contributed by atoms with Gasteiger partial charge in [0.1, 0.15) is 0 Å². The van der Waals surface area contributed by atoms with E-state index < -0.39 is 80.1 Å². The quantitative estimate of drug-likeness (QED) is 0.245. The molecule has 0 aromatic heterocycles. The van der Waals surface area contributed by atoms with Gasteiger partial charge in [0.05, 0.1) is 4.90 Å². The Hall–Kier alpha value is -1.41. The number of halogens is 14. The predicted molar refractivity (Wildman–Crippen MR) is 74.3 cm³/mol. The lowest BCUT2D eigenvalue weighted by molar-refractivity contribution is -0.396. The molecule has 170 valence electrons. The van der Waals surface area contributed by atoms with Gasteiger partial charge in [-0.2, -0.15) is 39.5 Å². The fourth-order valence-corrected chi connectivity index (χ4v) is 4.24. The van der Waals surface area contributed by atoms with Gasteiger partial charge < -0.3 is 0 Å². The van der Waals surface area contributed by atoms with Crippen LogP contribution < -0.4 is 0 Å². The van der Waals surface area contributed by atoms with E-state index in [1.54, 1.807) is 0 Å². The van der Waals surface area contributed by atoms with Crippen molar-refractivity contribution in [1.29, 1.82) is 0 Å². The van der Waals surface area contributed by atoms with Crippen LogP contribution in [0.25, 0.3) is 0 Å². The van der Waals surface area contributed by atoms with Crippen molar-refractivity contribution in [1.82, 2.24) is 0 Å². The van der Waals surface area contributed by atoms with Crippen LogP contribution in [-0.2, 0) is 0 Å². The molecule has 0 unspecified atom stereocenters. The van der Waals surface area contributed by atoms with Crippen molar-refractivity contribution in [2.45, 2.75) is 35.3 Å². The Kier molecular flexibility index (Phi) is 6.52. The second-order valence-electron chi connectivity index (χ2n) is 6.24. The van der Waals surface area contributed by atoms with Crippen molar-refractivity contribution >= 4 is 10.0 Å². The van der Waals surface area contributed by atoms with Gasteiger partial charge in [0, 0.05) is 6.42 Å². The molecular weight excluding hydrogens is 466 g/mol. The summed E-state index contributed by atoms with van der Waals surface area (Å²) in [6.45, 7) is 0. The normalized spacial score (nSPS) is 15.0. The molecule has 0 bridgehead atoms. The molecule has 0 aliphatic heterocycles. The van der Waals surface area contributed by atoms with Gasteiger partial charge in [-0.05, 0) is 18.3 Å². The minimum atomic E-state index is -7.16. The van der Waals surface area contributed by atoms with E-state index in [9.17, 15) is 61.5 Å². The highest BCUT2D eigenvalue weighted by Crippen LogP contribution is 2.58. The van der Waals surface area contributed by atoms with Crippen molar-refractivity contribution in [2.75, 3.05) is 18.3 Å². The highest BCUT2D eigenvalue weighted by atomic mass is 32.3. The lowest BCUT2D eigenvalue weighted by Gasteiger charge is -2.37. The molecule has 0 nitrogen and oxygen atoms in total. The third-order valence-corrected chi connectivity index (χ3v) is 6.55. The maximum absolute atomic E-state index is 13.8. The number of hydrogen-bond donors (Lipinski definition) is 0. The fourth-order valence-electron chi connectivity index (χ4n) is 2.12. The van der Waals surface area contributed by atoms with E-state index in [-0.39, 0.29) is 0 Å². The van der Waals surface area contributed by atoms with E-state index in [1.807, 2.05) is 0 Å². The summed E-state index contributed by atoms with van der Waals surface area (Å²) < 4.78 is 183. The highest BCUT2D eigenvalue weighted by Gasteiger charge is 2.81. The van der Waals surface area contributed by atoms with Crippen LogP contribution in [0, 0.1) is 29.1 Å². The minimum absolute atomic E-state index is 0.626. The van der Waals surface area contributed by atoms with Crippen molar-refractivity contribution < 1.29 is 61.5 Å². The van der Waals surface area contributed by atoms with Crippen LogP contribution in [0.4, 0.5) is 61.5 Å². The van der Waals surface area contributed by atoms with Crippen LogP contribution >= 0.6 is 10.0 Å². The van der Waals surface area contributed by atoms with Gasteiger partial charge in [-0.25, -0.2) is 32.0 Å². The number of rotatable bonds is 6. The van der Waals surface area contributed by atoms with E-state index in [0.29, 0.717) is 12.5 Å². The average Bonchev–Trinajstić information content (AvgIpc) is 2.55. The first kappa shape index (κ1) is 25.6. The molecule has 1 aromatic rings. The molecule has 29 heavy (non-hydrogen) atoms. The van der Waals surface area contributed by atoms with Crippen molar-refractivity contribution in [3.8, 4) is 0 Å². The minimum Gasteiger partial charge on any atom is -0.214 e. The Morgan fingerprint density at radius 2 is 0.931 bits per heavy atom. The van der Waals surface area contributed by atoms with Gasteiger partial charge in [0.2, 0.25) is 5.82 Å². The van der Waals surface area contributed by atoms with Crippen LogP contribution in [0.2, 0.25) is 0 Å². The van der Waals surface area contributed by atoms with Gasteiger partial charge in [-0.3, -0.25) is 0 Å². The van der Waals surface area contributed by atoms with Crippen LogP contribution in [0.5, 0.6) is 0 Å². The van der Waals surface area contributed by atoms with E-state index in [0.717, 1.165) is 0 Å². The van der Waals surface area contributed by atoms with Crippen LogP contribution in [0.3, 0.4) is 0 Å². The molecule has 0 heterocycles. The lowest BCUT2D eigenvalue weighted by atomic mass is 10.0. The van der Waals surface area contributed by atoms with Gasteiger partial charge in [0.15, 0.2) is 23.3 Å². The Labute approximate surface area is 155 Å². The molecule has 0 amide bonds. The first-order valence-corrected chi connectivity index (χ1v) is 9.68. The monoisotopic (exact) mass is 476 g/mol. The molecule has 0 aliphatic carbocycles. The number of benzene rings is 1. The van der Waals surface area contributed by atoms with E-state index >= 15 is 0 Å². The second-order valence-corrected chi connectivity index (χ2v) is 10.1. The SMILES string of the molecule is CS(C)(CCC(F)(F)C(F)(F)C(F)(F)C(F)(F)F)c1c(F)c(F)c(F)c(F)c1F. The van der Waals surface area contributed by atoms with Crippen LogP contribution in [0.1, 0.15) is 6.42 Å². The molecule has 0 N–H and O–H groups in total. The lowest BCUT2D eigenvalue weighted by Crippen LogP contribution is -2.61. The van der Waals surface area contributed by atoms with Crippen molar-refractivity contribution in [3.63, 3.8) is 0 Å². The third kappa shape index (κ3) is 4.10. The summed E-state index contributed by atoms with van der Waals surface area (Å²) >= 11 is 0. The molecule has 0 fully saturated rings. The molecule has 0 aliphatic rings. The largest absolute Gasteiger partial charge is 0.460 e. The van der Waals surface area contributed by atoms with E-state index in [4.69, 9.17) is 0 Å². The molecule has 15 heteroatoms. The molecule has 0 atom stereocenters. The number of hydrogen-bond acceptors (Lipinski definition) is 0. The maximum Gasteiger partial charge on any atom is 0.460 e. The summed E-state index contributed by atoms with van der Waals surface area (Å²) in [5, 5.41) is 0. The smallest absolute Gasteiger partial charge is 0.214 e. The molecule has 1 rings (SSSR count). The Morgan fingerprint density at radius 1 is 0.586 bits per heavy atom. The standard InChI is InChI=1S/C14H10F14S/c1-29(2,10-8(18)6(16)5(15)7(17)9(10)19)4-3-11(20,21)12(22,23)13(24,25)14(26,27)28/h3-4H2,1-2H3. The first-order valence-electron chi connectivity index (χ1n) is 7.06. The van der Waals surface area contributed by atoms with Gasteiger partial charge in [0.25, 0.3) is 0 Å². The second kappa shape index (κ2) is 7.38. The van der Waals surface area contributed by atoms with Crippen LogP contribution in [0.15, 0.2) is 4.90 Å². The average molecular weight is 476 g/mol. The summed E-state index contributed by atoms with van der Waals surface area (Å²) in [6, 6.07) is 0. The molecule has 0 radical (unpaired) electrons. The van der Waals surface area contributed by atoms with Crippen LogP contribution in [-0.4, -0.2) is 42.2 Å². The first-order chi connectivity index (χ1) is 12.6. The summed E-state index contributed by atoms with van der Waals surface area (Å²) in [5.41, 5.74) is 0. The maximum atomic E-state index is 13.8. The molecule has 0 saturated carbocycles. The Bertz CT molecular complexity index is 750. The van der Waals surface area contributed by atoms with Gasteiger partial charge >= 0.3 is 23.9 Å². The summed E-state index contributed by atoms with van der Waals surface area (Å²) in [5.74, 6) is -34.2. The third-order valence-electron chi connectivity index (χ3n) is 3.86. The zero-order valence-corrected chi connectivity index (χ0v) is 14.9. The van der Waals surface area contributed by atoms with E-state index in [1.165, 1.54) is 0 Å². The van der Waals surface area contributed by atoms with Gasteiger partial charge in [-0.15, -0.1) is 0 Å². The fraction of sp³-hybridized carbons (Fsp3) is 0.571. The van der Waals surface area contributed by atoms with Crippen molar-refractivity contribution in [3.05, 3.63) is 29.1 Å². The topological polar surface area (TPSA) is 0 Å². The molecule has 0 spiro atoms. The van der Waals surface area contributed by atoms with Crippen molar-refractivity contribution in [2.24, 2.45) is 0 Å². The highest BCUT2D eigenvalue weighted by molar-refractivity contribution is 8.32. The molecular formula is C14H10F14S. The Morgan fingerprint density at radius 3 is 1.28 bits per heavy atom. The number of alkyl halides is 9. The Balaban J connectivity index is 3.33. The molecule has 1 aromatic carbocycles. The molecule has 0 saturated heterocycles. The summed E-state index contributed by atoms with van der Waals surface area (Å²) in [4.78, 5) is -1.64. The summed E-state index contributed by atoms with van der Waals surface area (Å²) in [7, 11) is -3.59. The zero-order chi connectivity index (χ0) is 23.4.